The number of carbonyl (C=O) groups excluding carboxylic acids is 1. The molecule has 1 amide bonds. The van der Waals surface area contributed by atoms with Gasteiger partial charge in [0.2, 0.25) is 0 Å². The highest BCUT2D eigenvalue weighted by Crippen LogP contribution is 2.41. The summed E-state index contributed by atoms with van der Waals surface area (Å²) in [7, 11) is 1.65. The molecule has 0 spiro atoms. The minimum Gasteiger partial charge on any atom is -0.497 e. The highest BCUT2D eigenvalue weighted by molar-refractivity contribution is 8.18. The zero-order valence-corrected chi connectivity index (χ0v) is 21.4. The van der Waals surface area contributed by atoms with Gasteiger partial charge >= 0.3 is 0 Å². The van der Waals surface area contributed by atoms with Crippen molar-refractivity contribution in [2.45, 2.75) is 25.4 Å². The fraction of sp³-hybridized carbons (Fsp3) is 0.200. The topological polar surface area (TPSA) is 56.1 Å². The normalized spacial score (nSPS) is 17.8. The highest BCUT2D eigenvalue weighted by atomic mass is 32.2. The summed E-state index contributed by atoms with van der Waals surface area (Å²) in [6.45, 7) is 1.21. The number of aromatic nitrogens is 1. The Balaban J connectivity index is 1.25. The zero-order chi connectivity index (χ0) is 25.2. The number of benzene rings is 3. The van der Waals surface area contributed by atoms with Crippen LogP contribution in [-0.4, -0.2) is 40.3 Å². The van der Waals surface area contributed by atoms with Crippen molar-refractivity contribution in [3.63, 3.8) is 0 Å². The molecule has 2 aliphatic rings. The maximum Gasteiger partial charge on any atom is 0.267 e. The number of thioether (sulfide) groups is 1. The molecular weight excluding hydrogens is 482 g/mol. The van der Waals surface area contributed by atoms with Crippen molar-refractivity contribution in [3.05, 3.63) is 95.5 Å². The molecule has 6 nitrogen and oxygen atoms in total. The van der Waals surface area contributed by atoms with Crippen molar-refractivity contribution in [3.8, 4) is 11.5 Å². The number of ether oxygens (including phenoxy) is 2. The molecule has 7 heteroatoms. The first-order valence-corrected chi connectivity index (χ1v) is 13.2. The number of carbonyl (C=O) groups is 1. The van der Waals surface area contributed by atoms with Crippen molar-refractivity contribution in [1.29, 1.82) is 0 Å². The molecule has 0 bridgehead atoms. The lowest BCUT2D eigenvalue weighted by atomic mass is 10.1. The third-order valence-corrected chi connectivity index (χ3v) is 7.48. The van der Waals surface area contributed by atoms with E-state index < -0.39 is 0 Å². The van der Waals surface area contributed by atoms with E-state index in [4.69, 9.17) is 14.5 Å². The van der Waals surface area contributed by atoms with E-state index in [0.29, 0.717) is 18.1 Å². The summed E-state index contributed by atoms with van der Waals surface area (Å²) in [6, 6.07) is 26.0. The van der Waals surface area contributed by atoms with Crippen molar-refractivity contribution >= 4 is 45.5 Å². The largest absolute Gasteiger partial charge is 0.497 e. The Morgan fingerprint density at radius 1 is 0.973 bits per heavy atom. The van der Waals surface area contributed by atoms with Crippen molar-refractivity contribution in [2.24, 2.45) is 4.99 Å². The minimum atomic E-state index is 0.0434. The number of hydrogen-bond acceptors (Lipinski definition) is 5. The second kappa shape index (κ2) is 10.2. The van der Waals surface area contributed by atoms with Crippen molar-refractivity contribution in [2.75, 3.05) is 13.7 Å². The standard InChI is InChI=1S/C30H27N3O3S/c1-35-24-13-15-25(16-14-24)36-18-17-32-20-21(26-9-5-6-10-27(26)32)19-28-29(34)33(23-11-12-23)30(37-28)31-22-7-3-2-4-8-22/h2-10,13-16,19-20,23H,11-12,17-18H2,1H3. The smallest absolute Gasteiger partial charge is 0.267 e. The number of amidine groups is 1. The third-order valence-electron chi connectivity index (χ3n) is 6.50. The first-order valence-electron chi connectivity index (χ1n) is 12.4. The monoisotopic (exact) mass is 509 g/mol. The van der Waals surface area contributed by atoms with Crippen LogP contribution in [0.25, 0.3) is 17.0 Å². The Kier molecular flexibility index (Phi) is 6.45. The first kappa shape index (κ1) is 23.4. The molecule has 1 aliphatic carbocycles. The van der Waals surface area contributed by atoms with E-state index in [0.717, 1.165) is 51.7 Å². The van der Waals surface area contributed by atoms with Crippen LogP contribution in [0.5, 0.6) is 11.5 Å². The van der Waals surface area contributed by atoms with E-state index in [-0.39, 0.29) is 11.9 Å². The van der Waals surface area contributed by atoms with E-state index in [2.05, 4.69) is 22.9 Å². The second-order valence-corrected chi connectivity index (χ2v) is 10.1. The SMILES string of the molecule is COc1ccc(OCCn2cc(C=C3SC(=Nc4ccccc4)N(C4CC4)C3=O)c3ccccc32)cc1. The fourth-order valence-electron chi connectivity index (χ4n) is 4.48. The van der Waals surface area contributed by atoms with Gasteiger partial charge in [0, 0.05) is 28.7 Å². The predicted molar refractivity (Wildman–Crippen MR) is 149 cm³/mol. The number of rotatable bonds is 8. The second-order valence-electron chi connectivity index (χ2n) is 9.07. The summed E-state index contributed by atoms with van der Waals surface area (Å²) in [4.78, 5) is 20.8. The maximum absolute atomic E-state index is 13.4. The number of nitrogens with zero attached hydrogens (tertiary/aromatic N) is 3. The zero-order valence-electron chi connectivity index (χ0n) is 20.5. The van der Waals surface area contributed by atoms with Gasteiger partial charge in [-0.2, -0.15) is 0 Å². The van der Waals surface area contributed by atoms with Crippen LogP contribution in [0, 0.1) is 0 Å². The summed E-state index contributed by atoms with van der Waals surface area (Å²) < 4.78 is 13.4. The van der Waals surface area contributed by atoms with Crippen LogP contribution in [0.3, 0.4) is 0 Å². The molecule has 0 radical (unpaired) electrons. The summed E-state index contributed by atoms with van der Waals surface area (Å²) in [5.41, 5.74) is 2.99. The van der Waals surface area contributed by atoms with Crippen molar-refractivity contribution < 1.29 is 14.3 Å². The van der Waals surface area contributed by atoms with Gasteiger partial charge in [-0.3, -0.25) is 9.69 Å². The Labute approximate surface area is 220 Å². The van der Waals surface area contributed by atoms with Crippen LogP contribution in [-0.2, 0) is 11.3 Å². The van der Waals surface area contributed by atoms with Crippen LogP contribution in [0.1, 0.15) is 18.4 Å². The number of fused-ring (bicyclic) bond motifs is 1. The van der Waals surface area contributed by atoms with E-state index in [1.165, 1.54) is 11.8 Å². The highest BCUT2D eigenvalue weighted by Gasteiger charge is 2.43. The molecular formula is C30H27N3O3S. The molecule has 0 unspecified atom stereocenters. The number of aliphatic imine (C=N–C) groups is 1. The van der Waals surface area contributed by atoms with E-state index in [1.807, 2.05) is 77.7 Å². The fourth-order valence-corrected chi connectivity index (χ4v) is 5.53. The molecule has 186 valence electrons. The molecule has 1 saturated heterocycles. The van der Waals surface area contributed by atoms with Gasteiger partial charge in [-0.15, -0.1) is 0 Å². The van der Waals surface area contributed by atoms with Gasteiger partial charge in [0.1, 0.15) is 18.1 Å². The molecule has 0 N–H and O–H groups in total. The lowest BCUT2D eigenvalue weighted by molar-refractivity contribution is -0.122. The number of methoxy groups -OCH3 is 1. The van der Waals surface area contributed by atoms with Gasteiger partial charge in [-0.1, -0.05) is 36.4 Å². The molecule has 6 rings (SSSR count). The predicted octanol–water partition coefficient (Wildman–Crippen LogP) is 6.50. The Bertz CT molecular complexity index is 1490. The third kappa shape index (κ3) is 5.00. The lowest BCUT2D eigenvalue weighted by Crippen LogP contribution is -2.31. The average molecular weight is 510 g/mol. The minimum absolute atomic E-state index is 0.0434. The van der Waals surface area contributed by atoms with Crippen LogP contribution in [0.2, 0.25) is 0 Å². The van der Waals surface area contributed by atoms with Gasteiger partial charge in [-0.25, -0.2) is 4.99 Å². The number of hydrogen-bond donors (Lipinski definition) is 0. The molecule has 1 aromatic heterocycles. The lowest BCUT2D eigenvalue weighted by Gasteiger charge is -2.13. The Morgan fingerprint density at radius 3 is 2.46 bits per heavy atom. The maximum atomic E-state index is 13.4. The molecule has 3 aromatic carbocycles. The number of para-hydroxylation sites is 2. The molecule has 37 heavy (non-hydrogen) atoms. The van der Waals surface area contributed by atoms with Crippen LogP contribution >= 0.6 is 11.8 Å². The summed E-state index contributed by atoms with van der Waals surface area (Å²) in [5.74, 6) is 1.65. The van der Waals surface area contributed by atoms with Gasteiger partial charge in [0.05, 0.1) is 24.2 Å². The molecule has 1 saturated carbocycles. The van der Waals surface area contributed by atoms with E-state index in [1.54, 1.807) is 7.11 Å². The van der Waals surface area contributed by atoms with Crippen LogP contribution < -0.4 is 9.47 Å². The van der Waals surface area contributed by atoms with Gasteiger partial charge in [0.15, 0.2) is 5.17 Å². The van der Waals surface area contributed by atoms with Gasteiger partial charge < -0.3 is 14.0 Å². The summed E-state index contributed by atoms with van der Waals surface area (Å²) >= 11 is 1.46. The van der Waals surface area contributed by atoms with Gasteiger partial charge in [0.25, 0.3) is 5.91 Å². The van der Waals surface area contributed by atoms with E-state index >= 15 is 0 Å². The quantitative estimate of drug-likeness (QED) is 0.255. The Hall–Kier alpha value is -3.97. The van der Waals surface area contributed by atoms with E-state index in [9.17, 15) is 4.79 Å². The first-order chi connectivity index (χ1) is 18.2. The molecule has 2 heterocycles. The van der Waals surface area contributed by atoms with Crippen LogP contribution in [0.15, 0.2) is 95.0 Å². The number of amides is 1. The summed E-state index contributed by atoms with van der Waals surface area (Å²) in [5, 5.41) is 1.88. The molecule has 1 aliphatic heterocycles. The molecule has 2 fully saturated rings. The van der Waals surface area contributed by atoms with Crippen LogP contribution in [0.4, 0.5) is 5.69 Å². The molecule has 0 atom stereocenters. The van der Waals surface area contributed by atoms with Crippen molar-refractivity contribution in [1.82, 2.24) is 9.47 Å². The average Bonchev–Trinajstić information content (AvgIpc) is 3.65. The Morgan fingerprint density at radius 2 is 1.70 bits per heavy atom. The summed E-state index contributed by atoms with van der Waals surface area (Å²) in [6.07, 6.45) is 6.18. The molecule has 4 aromatic rings. The van der Waals surface area contributed by atoms with Gasteiger partial charge in [-0.05, 0) is 73.1 Å².